The highest BCUT2D eigenvalue weighted by molar-refractivity contribution is 5.71. The van der Waals surface area contributed by atoms with Gasteiger partial charge in [-0.1, -0.05) is 6.07 Å². The van der Waals surface area contributed by atoms with Gasteiger partial charge in [-0.15, -0.1) is 0 Å². The summed E-state index contributed by atoms with van der Waals surface area (Å²) < 4.78 is 10.1. The van der Waals surface area contributed by atoms with Crippen molar-refractivity contribution in [3.8, 4) is 5.75 Å². The maximum Gasteiger partial charge on any atom is 0.309 e. The maximum atomic E-state index is 11.6. The molecule has 0 bridgehead atoms. The number of hydrogen-bond donors (Lipinski definition) is 1. The Morgan fingerprint density at radius 1 is 1.50 bits per heavy atom. The Kier molecular flexibility index (Phi) is 3.57. The van der Waals surface area contributed by atoms with Gasteiger partial charge in [0.25, 0.3) is 0 Å². The standard InChI is InChI=1S/C14H18O4/c1-3-18-13(15)9-14(16)7-6-10-4-5-11(17-2)8-12(10)14/h4-5,8,16H,3,6-7,9H2,1-2H3. The molecule has 0 fully saturated rings. The Bertz CT molecular complexity index is 455. The molecule has 18 heavy (non-hydrogen) atoms. The summed E-state index contributed by atoms with van der Waals surface area (Å²) in [5.41, 5.74) is 0.744. The molecule has 1 aromatic carbocycles. The van der Waals surface area contributed by atoms with Crippen LogP contribution in [0.4, 0.5) is 0 Å². The van der Waals surface area contributed by atoms with Crippen LogP contribution in [-0.2, 0) is 21.6 Å². The Labute approximate surface area is 107 Å². The average Bonchev–Trinajstić information content (AvgIpc) is 2.67. The van der Waals surface area contributed by atoms with Crippen molar-refractivity contribution >= 4 is 5.97 Å². The van der Waals surface area contributed by atoms with Crippen molar-refractivity contribution < 1.29 is 19.4 Å². The van der Waals surface area contributed by atoms with Crippen molar-refractivity contribution in [1.82, 2.24) is 0 Å². The van der Waals surface area contributed by atoms with Crippen LogP contribution >= 0.6 is 0 Å². The molecular formula is C14H18O4. The number of methoxy groups -OCH3 is 1. The van der Waals surface area contributed by atoms with Gasteiger partial charge in [0.15, 0.2) is 0 Å². The number of benzene rings is 1. The number of aliphatic hydroxyl groups is 1. The average molecular weight is 250 g/mol. The van der Waals surface area contributed by atoms with Crippen molar-refractivity contribution in [2.24, 2.45) is 0 Å². The molecule has 0 radical (unpaired) electrons. The van der Waals surface area contributed by atoms with Crippen LogP contribution in [0.15, 0.2) is 18.2 Å². The summed E-state index contributed by atoms with van der Waals surface area (Å²) in [6, 6.07) is 5.62. The van der Waals surface area contributed by atoms with E-state index in [1.165, 1.54) is 0 Å². The van der Waals surface area contributed by atoms with E-state index in [9.17, 15) is 9.90 Å². The highest BCUT2D eigenvalue weighted by Gasteiger charge is 2.39. The van der Waals surface area contributed by atoms with Gasteiger partial charge in [-0.05, 0) is 43.0 Å². The number of fused-ring (bicyclic) bond motifs is 1. The van der Waals surface area contributed by atoms with Crippen LogP contribution in [-0.4, -0.2) is 24.8 Å². The van der Waals surface area contributed by atoms with Gasteiger partial charge < -0.3 is 14.6 Å². The molecule has 1 aromatic rings. The molecule has 1 aliphatic carbocycles. The summed E-state index contributed by atoms with van der Waals surface area (Å²) in [7, 11) is 1.58. The molecular weight excluding hydrogens is 232 g/mol. The first kappa shape index (κ1) is 12.9. The molecule has 2 rings (SSSR count). The number of ether oxygens (including phenoxy) is 2. The Morgan fingerprint density at radius 3 is 2.94 bits per heavy atom. The Morgan fingerprint density at radius 2 is 2.28 bits per heavy atom. The first-order valence-electron chi connectivity index (χ1n) is 6.14. The van der Waals surface area contributed by atoms with Gasteiger partial charge in [-0.3, -0.25) is 4.79 Å². The second-order valence-corrected chi connectivity index (χ2v) is 4.54. The van der Waals surface area contributed by atoms with Crippen molar-refractivity contribution in [3.63, 3.8) is 0 Å². The van der Waals surface area contributed by atoms with Crippen LogP contribution in [0.3, 0.4) is 0 Å². The van der Waals surface area contributed by atoms with Crippen LogP contribution in [0.25, 0.3) is 0 Å². The minimum absolute atomic E-state index is 0.001000. The van der Waals surface area contributed by atoms with Gasteiger partial charge in [0.2, 0.25) is 0 Å². The zero-order valence-corrected chi connectivity index (χ0v) is 10.7. The predicted octanol–water partition coefficient (Wildman–Crippen LogP) is 1.78. The van der Waals surface area contributed by atoms with Crippen molar-refractivity contribution in [1.29, 1.82) is 0 Å². The fourth-order valence-electron chi connectivity index (χ4n) is 2.44. The van der Waals surface area contributed by atoms with Gasteiger partial charge in [-0.25, -0.2) is 0 Å². The van der Waals surface area contributed by atoms with Crippen molar-refractivity contribution in [2.75, 3.05) is 13.7 Å². The molecule has 0 saturated carbocycles. The van der Waals surface area contributed by atoms with E-state index >= 15 is 0 Å². The van der Waals surface area contributed by atoms with Crippen LogP contribution in [0.2, 0.25) is 0 Å². The largest absolute Gasteiger partial charge is 0.497 e. The first-order valence-corrected chi connectivity index (χ1v) is 6.14. The first-order chi connectivity index (χ1) is 8.59. The van der Waals surface area contributed by atoms with E-state index in [0.717, 1.165) is 17.5 Å². The number of rotatable bonds is 4. The van der Waals surface area contributed by atoms with Crippen LogP contribution < -0.4 is 4.74 Å². The van der Waals surface area contributed by atoms with Gasteiger partial charge >= 0.3 is 5.97 Å². The minimum Gasteiger partial charge on any atom is -0.497 e. The number of carbonyl (C=O) groups excluding carboxylic acids is 1. The molecule has 98 valence electrons. The van der Waals surface area contributed by atoms with Crippen LogP contribution in [0.1, 0.15) is 30.9 Å². The van der Waals surface area contributed by atoms with E-state index in [1.807, 2.05) is 18.2 Å². The highest BCUT2D eigenvalue weighted by Crippen LogP contribution is 2.41. The van der Waals surface area contributed by atoms with Gasteiger partial charge in [0.1, 0.15) is 11.4 Å². The lowest BCUT2D eigenvalue weighted by atomic mass is 9.92. The fourth-order valence-corrected chi connectivity index (χ4v) is 2.44. The summed E-state index contributed by atoms with van der Waals surface area (Å²) in [6.45, 7) is 2.09. The topological polar surface area (TPSA) is 55.8 Å². The summed E-state index contributed by atoms with van der Waals surface area (Å²) in [4.78, 5) is 11.6. The Balaban J connectivity index is 2.25. The number of esters is 1. The van der Waals surface area contributed by atoms with E-state index in [4.69, 9.17) is 9.47 Å². The molecule has 1 aliphatic rings. The summed E-state index contributed by atoms with van der Waals surface area (Å²) in [6.07, 6.45) is 1.32. The zero-order valence-electron chi connectivity index (χ0n) is 10.7. The quantitative estimate of drug-likeness (QED) is 0.828. The van der Waals surface area contributed by atoms with Gasteiger partial charge in [0, 0.05) is 0 Å². The second-order valence-electron chi connectivity index (χ2n) is 4.54. The van der Waals surface area contributed by atoms with E-state index < -0.39 is 5.60 Å². The summed E-state index contributed by atoms with van der Waals surface area (Å²) in [5.74, 6) is 0.327. The van der Waals surface area contributed by atoms with Gasteiger partial charge in [-0.2, -0.15) is 0 Å². The highest BCUT2D eigenvalue weighted by atomic mass is 16.5. The molecule has 0 aromatic heterocycles. The predicted molar refractivity (Wildman–Crippen MR) is 66.5 cm³/mol. The third kappa shape index (κ3) is 2.34. The smallest absolute Gasteiger partial charge is 0.309 e. The molecule has 0 saturated heterocycles. The lowest BCUT2D eigenvalue weighted by Gasteiger charge is -2.23. The lowest BCUT2D eigenvalue weighted by Crippen LogP contribution is -2.27. The minimum atomic E-state index is -1.11. The third-order valence-corrected chi connectivity index (χ3v) is 3.37. The maximum absolute atomic E-state index is 11.6. The summed E-state index contributed by atoms with van der Waals surface area (Å²) in [5, 5.41) is 10.6. The second kappa shape index (κ2) is 4.98. The molecule has 1 N–H and O–H groups in total. The molecule has 0 heterocycles. The van der Waals surface area contributed by atoms with Crippen LogP contribution in [0, 0.1) is 0 Å². The van der Waals surface area contributed by atoms with Crippen molar-refractivity contribution in [2.45, 2.75) is 31.8 Å². The SMILES string of the molecule is CCOC(=O)CC1(O)CCc2ccc(OC)cc21. The van der Waals surface area contributed by atoms with E-state index in [-0.39, 0.29) is 12.4 Å². The fraction of sp³-hybridized carbons (Fsp3) is 0.500. The Hall–Kier alpha value is -1.55. The normalized spacial score (nSPS) is 21.5. The van der Waals surface area contributed by atoms with E-state index in [1.54, 1.807) is 14.0 Å². The van der Waals surface area contributed by atoms with Crippen LogP contribution in [0.5, 0.6) is 5.75 Å². The molecule has 0 amide bonds. The van der Waals surface area contributed by atoms with E-state index in [2.05, 4.69) is 0 Å². The molecule has 4 heteroatoms. The molecule has 4 nitrogen and oxygen atoms in total. The number of carbonyl (C=O) groups is 1. The molecule has 0 aliphatic heterocycles. The monoisotopic (exact) mass is 250 g/mol. The lowest BCUT2D eigenvalue weighted by molar-refractivity contribution is -0.149. The zero-order chi connectivity index (χ0) is 13.2. The molecule has 0 spiro atoms. The third-order valence-electron chi connectivity index (χ3n) is 3.37. The molecule has 1 atom stereocenters. The van der Waals surface area contributed by atoms with Gasteiger partial charge in [0.05, 0.1) is 20.1 Å². The van der Waals surface area contributed by atoms with E-state index in [0.29, 0.717) is 18.8 Å². The number of aryl methyl sites for hydroxylation is 1. The summed E-state index contributed by atoms with van der Waals surface area (Å²) >= 11 is 0. The molecule has 1 unspecified atom stereocenters. The number of hydrogen-bond acceptors (Lipinski definition) is 4. The van der Waals surface area contributed by atoms with Crippen molar-refractivity contribution in [3.05, 3.63) is 29.3 Å².